The van der Waals surface area contributed by atoms with Gasteiger partial charge in [0, 0.05) is 18.2 Å². The monoisotopic (exact) mass is 445 g/mol. The molecule has 0 bridgehead atoms. The SMILES string of the molecule is COc1cccc(/C=C/C(=O)Nc2ncc(S(=O)(=O)c3ccc([N+](=O)[O-])cc3)s2)c1. The Morgan fingerprint density at radius 3 is 2.63 bits per heavy atom. The molecule has 1 heterocycles. The number of methoxy groups -OCH3 is 1. The van der Waals surface area contributed by atoms with Crippen LogP contribution in [-0.4, -0.2) is 31.3 Å². The molecule has 3 rings (SSSR count). The molecule has 3 aromatic rings. The van der Waals surface area contributed by atoms with Crippen molar-refractivity contribution in [1.82, 2.24) is 4.98 Å². The number of non-ortho nitro benzene ring substituents is 1. The summed E-state index contributed by atoms with van der Waals surface area (Å²) in [5.41, 5.74) is 0.541. The molecule has 0 aliphatic heterocycles. The molecular weight excluding hydrogens is 430 g/mol. The van der Waals surface area contributed by atoms with Crippen molar-refractivity contribution in [3.05, 3.63) is 76.5 Å². The topological polar surface area (TPSA) is 128 Å². The van der Waals surface area contributed by atoms with Crippen molar-refractivity contribution in [2.45, 2.75) is 9.10 Å². The molecule has 0 aliphatic carbocycles. The number of hydrogen-bond acceptors (Lipinski definition) is 8. The van der Waals surface area contributed by atoms with E-state index in [-0.39, 0.29) is 19.9 Å². The number of carbonyl (C=O) groups excluding carboxylic acids is 1. The molecule has 0 fully saturated rings. The van der Waals surface area contributed by atoms with Gasteiger partial charge < -0.3 is 4.74 Å². The number of rotatable bonds is 7. The Morgan fingerprint density at radius 2 is 1.97 bits per heavy atom. The average molecular weight is 445 g/mol. The number of ether oxygens (including phenoxy) is 1. The molecule has 0 aliphatic rings. The Balaban J connectivity index is 1.71. The largest absolute Gasteiger partial charge is 0.497 e. The van der Waals surface area contributed by atoms with E-state index in [0.717, 1.165) is 47.4 Å². The van der Waals surface area contributed by atoms with E-state index in [4.69, 9.17) is 4.74 Å². The van der Waals surface area contributed by atoms with Crippen molar-refractivity contribution in [3.63, 3.8) is 0 Å². The number of nitrogens with one attached hydrogen (secondary N) is 1. The molecule has 9 nitrogen and oxygen atoms in total. The van der Waals surface area contributed by atoms with Gasteiger partial charge in [-0.3, -0.25) is 20.2 Å². The molecule has 0 saturated carbocycles. The lowest BCUT2D eigenvalue weighted by atomic mass is 10.2. The van der Waals surface area contributed by atoms with E-state index in [1.807, 2.05) is 0 Å². The van der Waals surface area contributed by atoms with Gasteiger partial charge in [-0.2, -0.15) is 0 Å². The summed E-state index contributed by atoms with van der Waals surface area (Å²) in [6, 6.07) is 11.6. The maximum atomic E-state index is 12.6. The minimum Gasteiger partial charge on any atom is -0.497 e. The second-order valence-electron chi connectivity index (χ2n) is 5.84. The van der Waals surface area contributed by atoms with Gasteiger partial charge in [-0.25, -0.2) is 13.4 Å². The van der Waals surface area contributed by atoms with Crippen molar-refractivity contribution in [2.24, 2.45) is 0 Å². The lowest BCUT2D eigenvalue weighted by Crippen LogP contribution is -2.07. The normalized spacial score (nSPS) is 11.4. The molecule has 154 valence electrons. The summed E-state index contributed by atoms with van der Waals surface area (Å²) in [6.07, 6.45) is 4.00. The number of thiazole rings is 1. The Hall–Kier alpha value is -3.57. The lowest BCUT2D eigenvalue weighted by Gasteiger charge is -2.01. The number of nitro benzene ring substituents is 1. The van der Waals surface area contributed by atoms with Crippen LogP contribution in [-0.2, 0) is 14.6 Å². The van der Waals surface area contributed by atoms with Crippen LogP contribution in [0.25, 0.3) is 6.08 Å². The predicted molar refractivity (Wildman–Crippen MR) is 111 cm³/mol. The first kappa shape index (κ1) is 21.1. The van der Waals surface area contributed by atoms with Gasteiger partial charge in [0.05, 0.1) is 23.1 Å². The fraction of sp³-hybridized carbons (Fsp3) is 0.0526. The van der Waals surface area contributed by atoms with Crippen LogP contribution in [0.15, 0.2) is 69.9 Å². The number of anilines is 1. The zero-order valence-corrected chi connectivity index (χ0v) is 17.1. The lowest BCUT2D eigenvalue weighted by molar-refractivity contribution is -0.384. The standard InChI is InChI=1S/C19H15N3O6S2/c1-28-15-4-2-3-13(11-15)5-10-17(23)21-19-20-12-18(29-19)30(26,27)16-8-6-14(7-9-16)22(24)25/h2-12H,1H3,(H,20,21,23)/b10-5+. The first-order chi connectivity index (χ1) is 14.3. The van der Waals surface area contributed by atoms with Gasteiger partial charge in [0.1, 0.15) is 9.96 Å². The molecule has 30 heavy (non-hydrogen) atoms. The third-order valence-corrected chi connectivity index (χ3v) is 7.00. The highest BCUT2D eigenvalue weighted by molar-refractivity contribution is 7.93. The van der Waals surface area contributed by atoms with Crippen molar-refractivity contribution in [3.8, 4) is 5.75 Å². The molecule has 1 amide bonds. The van der Waals surface area contributed by atoms with E-state index in [1.54, 1.807) is 37.5 Å². The van der Waals surface area contributed by atoms with Crippen LogP contribution in [0.4, 0.5) is 10.8 Å². The number of nitrogens with zero attached hydrogens (tertiary/aromatic N) is 2. The van der Waals surface area contributed by atoms with Gasteiger partial charge in [-0.05, 0) is 35.9 Å². The molecule has 1 aromatic heterocycles. The van der Waals surface area contributed by atoms with Crippen LogP contribution >= 0.6 is 11.3 Å². The van der Waals surface area contributed by atoms with Crippen molar-refractivity contribution >= 4 is 44.0 Å². The number of sulfone groups is 1. The molecule has 0 radical (unpaired) electrons. The van der Waals surface area contributed by atoms with Gasteiger partial charge in [-0.15, -0.1) is 0 Å². The van der Waals surface area contributed by atoms with Gasteiger partial charge >= 0.3 is 0 Å². The highest BCUT2D eigenvalue weighted by atomic mass is 32.2. The van der Waals surface area contributed by atoms with E-state index >= 15 is 0 Å². The Labute approximate surface area is 175 Å². The van der Waals surface area contributed by atoms with Gasteiger partial charge in [-0.1, -0.05) is 23.5 Å². The summed E-state index contributed by atoms with van der Waals surface area (Å²) in [5.74, 6) is 0.171. The van der Waals surface area contributed by atoms with E-state index in [9.17, 15) is 23.3 Å². The van der Waals surface area contributed by atoms with E-state index in [2.05, 4.69) is 10.3 Å². The minimum absolute atomic E-state index is 0.0940. The van der Waals surface area contributed by atoms with Crippen LogP contribution in [0, 0.1) is 10.1 Å². The number of nitro groups is 1. The van der Waals surface area contributed by atoms with Crippen LogP contribution in [0.2, 0.25) is 0 Å². The number of amides is 1. The number of benzene rings is 2. The predicted octanol–water partition coefficient (Wildman–Crippen LogP) is 3.54. The fourth-order valence-electron chi connectivity index (χ4n) is 2.37. The number of hydrogen-bond donors (Lipinski definition) is 1. The Bertz CT molecular complexity index is 1220. The van der Waals surface area contributed by atoms with Crippen molar-refractivity contribution in [2.75, 3.05) is 12.4 Å². The highest BCUT2D eigenvalue weighted by Gasteiger charge is 2.22. The van der Waals surface area contributed by atoms with Crippen LogP contribution in [0.3, 0.4) is 0 Å². The summed E-state index contributed by atoms with van der Waals surface area (Å²) < 4.78 is 30.3. The Kier molecular flexibility index (Phi) is 6.23. The van der Waals surface area contributed by atoms with E-state index in [1.165, 1.54) is 6.08 Å². The zero-order chi connectivity index (χ0) is 21.7. The smallest absolute Gasteiger partial charge is 0.269 e. The van der Waals surface area contributed by atoms with Crippen LogP contribution < -0.4 is 10.1 Å². The number of carbonyl (C=O) groups is 1. The second kappa shape index (κ2) is 8.84. The molecule has 0 atom stereocenters. The van der Waals surface area contributed by atoms with Crippen LogP contribution in [0.1, 0.15) is 5.56 Å². The summed E-state index contributed by atoms with van der Waals surface area (Å²) in [7, 11) is -2.37. The molecular formula is C19H15N3O6S2. The molecule has 0 unspecified atom stereocenters. The molecule has 2 aromatic carbocycles. The average Bonchev–Trinajstić information content (AvgIpc) is 3.21. The summed E-state index contributed by atoms with van der Waals surface area (Å²) in [5, 5.41) is 13.3. The van der Waals surface area contributed by atoms with Gasteiger partial charge in [0.25, 0.3) is 5.69 Å². The zero-order valence-electron chi connectivity index (χ0n) is 15.5. The highest BCUT2D eigenvalue weighted by Crippen LogP contribution is 2.29. The first-order valence-electron chi connectivity index (χ1n) is 8.38. The maximum Gasteiger partial charge on any atom is 0.269 e. The van der Waals surface area contributed by atoms with Gasteiger partial charge in [0.15, 0.2) is 5.13 Å². The van der Waals surface area contributed by atoms with E-state index in [0.29, 0.717) is 5.75 Å². The van der Waals surface area contributed by atoms with Crippen molar-refractivity contribution in [1.29, 1.82) is 0 Å². The first-order valence-corrected chi connectivity index (χ1v) is 10.7. The maximum absolute atomic E-state index is 12.6. The molecule has 0 saturated heterocycles. The quantitative estimate of drug-likeness (QED) is 0.334. The van der Waals surface area contributed by atoms with Crippen LogP contribution in [0.5, 0.6) is 5.75 Å². The molecule has 1 N–H and O–H groups in total. The van der Waals surface area contributed by atoms with Gasteiger partial charge in [0.2, 0.25) is 15.7 Å². The molecule has 0 spiro atoms. The summed E-state index contributed by atoms with van der Waals surface area (Å²) in [6.45, 7) is 0. The van der Waals surface area contributed by atoms with E-state index < -0.39 is 20.7 Å². The summed E-state index contributed by atoms with van der Waals surface area (Å²) in [4.78, 5) is 26.0. The number of aromatic nitrogens is 1. The second-order valence-corrected chi connectivity index (χ2v) is 9.05. The minimum atomic E-state index is -3.91. The van der Waals surface area contributed by atoms with Crippen molar-refractivity contribution < 1.29 is 22.9 Å². The third-order valence-electron chi connectivity index (χ3n) is 3.86. The third kappa shape index (κ3) is 4.88. The Morgan fingerprint density at radius 1 is 1.23 bits per heavy atom. The summed E-state index contributed by atoms with van der Waals surface area (Å²) >= 11 is 0.782. The molecule has 11 heteroatoms. The fourth-order valence-corrected chi connectivity index (χ4v) is 4.80.